The number of aromatic nitrogens is 3. The van der Waals surface area contributed by atoms with E-state index >= 15 is 0 Å². The second kappa shape index (κ2) is 11.5. The number of halogens is 1. The number of nitrogens with zero attached hydrogens (tertiary/aromatic N) is 3. The van der Waals surface area contributed by atoms with Crippen LogP contribution >= 0.6 is 0 Å². The van der Waals surface area contributed by atoms with Gasteiger partial charge < -0.3 is 19.9 Å². The van der Waals surface area contributed by atoms with Crippen LogP contribution in [0.1, 0.15) is 24.4 Å². The zero-order chi connectivity index (χ0) is 26.4. The molecule has 2 aromatic heterocycles. The maximum Gasteiger partial charge on any atom is 0.130 e. The van der Waals surface area contributed by atoms with Crippen molar-refractivity contribution >= 4 is 11.5 Å². The van der Waals surface area contributed by atoms with Gasteiger partial charge in [-0.15, -0.1) is 0 Å². The van der Waals surface area contributed by atoms with Gasteiger partial charge in [-0.25, -0.2) is 14.4 Å². The van der Waals surface area contributed by atoms with Gasteiger partial charge >= 0.3 is 0 Å². The van der Waals surface area contributed by atoms with Crippen LogP contribution < -0.4 is 15.4 Å². The first kappa shape index (κ1) is 24.8. The quantitative estimate of drug-likeness (QED) is 0.231. The number of ether oxygens (including phenoxy) is 1. The standard InChI is InChI=1S/C32H30FN5O/c33-26-8-6-24(7-9-26)31-32(38(22-36-31)28-15-17-34-18-16-28)25-14-19-35-30(20-25)37-27-10-12-29(13-11-27)39-21-23-4-2-1-3-5-23/h1-14,19-20,22,28,34H,15-18,21H2,(H,35,37). The lowest BCUT2D eigenvalue weighted by Crippen LogP contribution is -2.29. The molecule has 1 fully saturated rings. The molecule has 7 heteroatoms. The van der Waals surface area contributed by atoms with E-state index in [1.165, 1.54) is 12.1 Å². The molecule has 0 saturated carbocycles. The highest BCUT2D eigenvalue weighted by Crippen LogP contribution is 2.36. The zero-order valence-electron chi connectivity index (χ0n) is 21.6. The SMILES string of the molecule is Fc1ccc(-c2ncn(C3CCNCC3)c2-c2ccnc(Nc3ccc(OCc4ccccc4)cc3)c2)cc1. The van der Waals surface area contributed by atoms with Gasteiger partial charge in [0.25, 0.3) is 0 Å². The largest absolute Gasteiger partial charge is 0.489 e. The predicted molar refractivity (Wildman–Crippen MR) is 152 cm³/mol. The Balaban J connectivity index is 1.25. The molecule has 0 spiro atoms. The molecule has 0 bridgehead atoms. The molecule has 3 heterocycles. The van der Waals surface area contributed by atoms with Crippen LogP contribution in [-0.4, -0.2) is 27.6 Å². The summed E-state index contributed by atoms with van der Waals surface area (Å²) in [5.74, 6) is 1.28. The van der Waals surface area contributed by atoms with Gasteiger partial charge in [0.05, 0.1) is 17.7 Å². The molecule has 1 aliphatic rings. The Bertz CT molecular complexity index is 1510. The summed E-state index contributed by atoms with van der Waals surface area (Å²) in [7, 11) is 0. The maximum absolute atomic E-state index is 13.7. The summed E-state index contributed by atoms with van der Waals surface area (Å²) in [6.45, 7) is 2.48. The summed E-state index contributed by atoms with van der Waals surface area (Å²) in [4.78, 5) is 9.36. The minimum absolute atomic E-state index is 0.259. The molecular formula is C32H30FN5O. The molecule has 6 nitrogen and oxygen atoms in total. The normalized spacial score (nSPS) is 13.8. The van der Waals surface area contributed by atoms with Gasteiger partial charge in [0, 0.05) is 29.1 Å². The van der Waals surface area contributed by atoms with Crippen molar-refractivity contribution in [3.63, 3.8) is 0 Å². The number of anilines is 2. The van der Waals surface area contributed by atoms with Gasteiger partial charge in [-0.2, -0.15) is 0 Å². The highest BCUT2D eigenvalue weighted by molar-refractivity contribution is 5.80. The molecule has 0 amide bonds. The Morgan fingerprint density at radius 2 is 1.64 bits per heavy atom. The molecule has 0 atom stereocenters. The van der Waals surface area contributed by atoms with Crippen molar-refractivity contribution in [1.82, 2.24) is 19.9 Å². The number of pyridine rings is 1. The minimum Gasteiger partial charge on any atom is -0.489 e. The molecule has 1 saturated heterocycles. The monoisotopic (exact) mass is 519 g/mol. The van der Waals surface area contributed by atoms with Gasteiger partial charge in [0.15, 0.2) is 0 Å². The molecule has 196 valence electrons. The number of benzene rings is 3. The third-order valence-electron chi connectivity index (χ3n) is 7.02. The van der Waals surface area contributed by atoms with Crippen LogP contribution in [0.2, 0.25) is 0 Å². The zero-order valence-corrected chi connectivity index (χ0v) is 21.6. The van der Waals surface area contributed by atoms with Crippen molar-refractivity contribution in [2.45, 2.75) is 25.5 Å². The number of hydrogen-bond acceptors (Lipinski definition) is 5. The van der Waals surface area contributed by atoms with Crippen LogP contribution in [0.25, 0.3) is 22.5 Å². The first-order valence-corrected chi connectivity index (χ1v) is 13.3. The van der Waals surface area contributed by atoms with E-state index in [4.69, 9.17) is 9.72 Å². The Labute approximate surface area is 227 Å². The summed E-state index contributed by atoms with van der Waals surface area (Å²) < 4.78 is 21.9. The van der Waals surface area contributed by atoms with Crippen molar-refractivity contribution in [2.24, 2.45) is 0 Å². The number of piperidine rings is 1. The molecule has 0 aliphatic carbocycles. The highest BCUT2D eigenvalue weighted by Gasteiger charge is 2.22. The van der Waals surface area contributed by atoms with E-state index in [0.29, 0.717) is 12.6 Å². The van der Waals surface area contributed by atoms with E-state index in [9.17, 15) is 4.39 Å². The molecule has 0 radical (unpaired) electrons. The number of hydrogen-bond donors (Lipinski definition) is 2. The highest BCUT2D eigenvalue weighted by atomic mass is 19.1. The third kappa shape index (κ3) is 5.84. The second-order valence-electron chi connectivity index (χ2n) is 9.69. The smallest absolute Gasteiger partial charge is 0.130 e. The topological polar surface area (TPSA) is 64.0 Å². The fourth-order valence-corrected chi connectivity index (χ4v) is 5.00. The van der Waals surface area contributed by atoms with Gasteiger partial charge in [0.1, 0.15) is 24.0 Å². The van der Waals surface area contributed by atoms with Crippen molar-refractivity contribution in [1.29, 1.82) is 0 Å². The fraction of sp³-hybridized carbons (Fsp3) is 0.188. The summed E-state index contributed by atoms with van der Waals surface area (Å²) in [6, 6.07) is 28.9. The first-order valence-electron chi connectivity index (χ1n) is 13.3. The lowest BCUT2D eigenvalue weighted by molar-refractivity contribution is 0.306. The van der Waals surface area contributed by atoms with Crippen molar-refractivity contribution in [3.05, 3.63) is 115 Å². The molecule has 6 rings (SSSR count). The fourth-order valence-electron chi connectivity index (χ4n) is 5.00. The second-order valence-corrected chi connectivity index (χ2v) is 9.69. The molecule has 0 unspecified atom stereocenters. The molecule has 5 aromatic rings. The van der Waals surface area contributed by atoms with Crippen LogP contribution in [0.15, 0.2) is 104 Å². The average molecular weight is 520 g/mol. The summed E-state index contributed by atoms with van der Waals surface area (Å²) in [6.07, 6.45) is 5.79. The van der Waals surface area contributed by atoms with Gasteiger partial charge in [-0.05, 0) is 92.2 Å². The minimum atomic E-state index is -0.259. The van der Waals surface area contributed by atoms with Crippen LogP contribution in [0.4, 0.5) is 15.9 Å². The summed E-state index contributed by atoms with van der Waals surface area (Å²) in [5.41, 5.74) is 5.79. The van der Waals surface area contributed by atoms with Crippen LogP contribution in [0.5, 0.6) is 5.75 Å². The van der Waals surface area contributed by atoms with E-state index in [1.807, 2.05) is 79.3 Å². The van der Waals surface area contributed by atoms with Gasteiger partial charge in [0.2, 0.25) is 0 Å². The van der Waals surface area contributed by atoms with E-state index < -0.39 is 0 Å². The lowest BCUT2D eigenvalue weighted by atomic mass is 10.0. The van der Waals surface area contributed by atoms with E-state index in [2.05, 4.69) is 20.2 Å². The predicted octanol–water partition coefficient (Wildman–Crippen LogP) is 7.00. The van der Waals surface area contributed by atoms with E-state index in [0.717, 1.165) is 71.3 Å². The third-order valence-corrected chi connectivity index (χ3v) is 7.02. The molecule has 1 aliphatic heterocycles. The Kier molecular flexibility index (Phi) is 7.32. The molecule has 39 heavy (non-hydrogen) atoms. The van der Waals surface area contributed by atoms with Crippen molar-refractivity contribution in [3.8, 4) is 28.3 Å². The number of imidazole rings is 1. The van der Waals surface area contributed by atoms with E-state index in [1.54, 1.807) is 12.1 Å². The Morgan fingerprint density at radius 3 is 2.41 bits per heavy atom. The van der Waals surface area contributed by atoms with Gasteiger partial charge in [-0.3, -0.25) is 0 Å². The lowest BCUT2D eigenvalue weighted by Gasteiger charge is -2.26. The number of nitrogens with one attached hydrogen (secondary N) is 2. The van der Waals surface area contributed by atoms with Crippen molar-refractivity contribution < 1.29 is 9.13 Å². The molecule has 2 N–H and O–H groups in total. The van der Waals surface area contributed by atoms with Crippen LogP contribution in [0.3, 0.4) is 0 Å². The van der Waals surface area contributed by atoms with Crippen LogP contribution in [-0.2, 0) is 6.61 Å². The Hall–Kier alpha value is -4.49. The summed E-state index contributed by atoms with van der Waals surface area (Å²) >= 11 is 0. The average Bonchev–Trinajstić information content (AvgIpc) is 3.44. The number of rotatable bonds is 8. The van der Waals surface area contributed by atoms with Crippen molar-refractivity contribution in [2.75, 3.05) is 18.4 Å². The first-order chi connectivity index (χ1) is 19.2. The molecular weight excluding hydrogens is 489 g/mol. The molecule has 3 aromatic carbocycles. The van der Waals surface area contributed by atoms with Gasteiger partial charge in [-0.1, -0.05) is 30.3 Å². The maximum atomic E-state index is 13.7. The Morgan fingerprint density at radius 1 is 0.872 bits per heavy atom. The summed E-state index contributed by atoms with van der Waals surface area (Å²) in [5, 5.41) is 6.86. The van der Waals surface area contributed by atoms with Crippen LogP contribution in [0, 0.1) is 5.82 Å². The van der Waals surface area contributed by atoms with E-state index in [-0.39, 0.29) is 5.82 Å².